The van der Waals surface area contributed by atoms with E-state index >= 15 is 0 Å². The molecule has 2 aromatic rings. The second-order valence-electron chi connectivity index (χ2n) is 5.95. The number of aromatic nitrogens is 4. The fourth-order valence-electron chi connectivity index (χ4n) is 3.60. The van der Waals surface area contributed by atoms with E-state index < -0.39 is 0 Å². The zero-order valence-corrected chi connectivity index (χ0v) is 14.7. The second kappa shape index (κ2) is 6.16. The van der Waals surface area contributed by atoms with E-state index in [1.165, 1.54) is 31.3 Å². The van der Waals surface area contributed by atoms with Gasteiger partial charge in [0.25, 0.3) is 0 Å². The standard InChI is InChI=1S/C15H24N4S2/c1-4-7-10-13-14(18(2)17-10)19(15(20)16-13)11-8-5-6-9-12(11)21-3/h11-12H,4-9H2,1-3H3,(H,16,20). The van der Waals surface area contributed by atoms with Crippen molar-refractivity contribution in [3.8, 4) is 0 Å². The van der Waals surface area contributed by atoms with Crippen LogP contribution in [0.4, 0.5) is 0 Å². The molecule has 1 saturated carbocycles. The van der Waals surface area contributed by atoms with Gasteiger partial charge in [-0.3, -0.25) is 9.25 Å². The Labute approximate surface area is 135 Å². The summed E-state index contributed by atoms with van der Waals surface area (Å²) in [5.74, 6) is 0. The Balaban J connectivity index is 2.13. The lowest BCUT2D eigenvalue weighted by atomic mass is 9.94. The van der Waals surface area contributed by atoms with Crippen LogP contribution in [0, 0.1) is 4.77 Å². The van der Waals surface area contributed by atoms with E-state index in [1.807, 2.05) is 23.5 Å². The normalized spacial score (nSPS) is 23.0. The van der Waals surface area contributed by atoms with Crippen LogP contribution in [0.25, 0.3) is 11.2 Å². The van der Waals surface area contributed by atoms with Gasteiger partial charge in [-0.05, 0) is 37.7 Å². The molecule has 0 radical (unpaired) electrons. The predicted octanol–water partition coefficient (Wildman–Crippen LogP) is 4.23. The summed E-state index contributed by atoms with van der Waals surface area (Å²) in [4.78, 5) is 3.43. The van der Waals surface area contributed by atoms with Crippen molar-refractivity contribution in [1.29, 1.82) is 0 Å². The van der Waals surface area contributed by atoms with Crippen molar-refractivity contribution >= 4 is 35.1 Å². The smallest absolute Gasteiger partial charge is 0.179 e. The summed E-state index contributed by atoms with van der Waals surface area (Å²) in [6, 6.07) is 0.500. The molecule has 1 aliphatic rings. The fourth-order valence-corrected chi connectivity index (χ4v) is 4.90. The van der Waals surface area contributed by atoms with Crippen LogP contribution in [0.1, 0.15) is 50.8 Å². The van der Waals surface area contributed by atoms with Crippen molar-refractivity contribution < 1.29 is 0 Å². The van der Waals surface area contributed by atoms with Gasteiger partial charge in [-0.15, -0.1) is 0 Å². The number of rotatable bonds is 4. The van der Waals surface area contributed by atoms with E-state index in [0.29, 0.717) is 11.3 Å². The average molecular weight is 325 g/mol. The Bertz CT molecular complexity index is 682. The number of nitrogens with one attached hydrogen (secondary N) is 1. The molecule has 0 bridgehead atoms. The average Bonchev–Trinajstić information content (AvgIpc) is 2.97. The molecule has 116 valence electrons. The molecule has 1 fully saturated rings. The van der Waals surface area contributed by atoms with E-state index in [2.05, 4.69) is 22.7 Å². The number of imidazole rings is 1. The number of thioether (sulfide) groups is 1. The zero-order chi connectivity index (χ0) is 15.0. The molecule has 0 aromatic carbocycles. The first kappa shape index (κ1) is 15.2. The number of hydrogen-bond acceptors (Lipinski definition) is 3. The molecule has 0 saturated heterocycles. The Morgan fingerprint density at radius 3 is 2.86 bits per heavy atom. The van der Waals surface area contributed by atoms with Gasteiger partial charge in [0.15, 0.2) is 10.4 Å². The highest BCUT2D eigenvalue weighted by Crippen LogP contribution is 2.38. The summed E-state index contributed by atoms with van der Waals surface area (Å²) in [6.07, 6.45) is 9.49. The van der Waals surface area contributed by atoms with E-state index in [4.69, 9.17) is 17.3 Å². The first-order valence-electron chi connectivity index (χ1n) is 7.86. The van der Waals surface area contributed by atoms with Crippen LogP contribution in [-0.2, 0) is 13.5 Å². The number of aryl methyl sites for hydroxylation is 2. The van der Waals surface area contributed by atoms with Gasteiger partial charge < -0.3 is 4.98 Å². The van der Waals surface area contributed by atoms with Crippen LogP contribution in [0.3, 0.4) is 0 Å². The molecular formula is C15H24N4S2. The first-order chi connectivity index (χ1) is 10.2. The lowest BCUT2D eigenvalue weighted by Gasteiger charge is -2.31. The van der Waals surface area contributed by atoms with Gasteiger partial charge in [0.1, 0.15) is 5.52 Å². The topological polar surface area (TPSA) is 38.5 Å². The molecule has 1 N–H and O–H groups in total. The highest BCUT2D eigenvalue weighted by molar-refractivity contribution is 7.99. The van der Waals surface area contributed by atoms with Crippen molar-refractivity contribution in [3.63, 3.8) is 0 Å². The zero-order valence-electron chi connectivity index (χ0n) is 13.1. The Morgan fingerprint density at radius 2 is 2.14 bits per heavy atom. The van der Waals surface area contributed by atoms with Gasteiger partial charge >= 0.3 is 0 Å². The van der Waals surface area contributed by atoms with Crippen LogP contribution in [0.5, 0.6) is 0 Å². The third kappa shape index (κ3) is 2.57. The summed E-state index contributed by atoms with van der Waals surface area (Å²) in [6.45, 7) is 2.19. The summed E-state index contributed by atoms with van der Waals surface area (Å²) >= 11 is 7.63. The molecular weight excluding hydrogens is 300 g/mol. The van der Waals surface area contributed by atoms with Crippen LogP contribution < -0.4 is 0 Å². The minimum atomic E-state index is 0.500. The third-order valence-corrected chi connectivity index (χ3v) is 6.01. The molecule has 2 aromatic heterocycles. The molecule has 0 amide bonds. The highest BCUT2D eigenvalue weighted by Gasteiger charge is 2.29. The minimum Gasteiger partial charge on any atom is -0.328 e. The van der Waals surface area contributed by atoms with Crippen molar-refractivity contribution in [2.24, 2.45) is 7.05 Å². The largest absolute Gasteiger partial charge is 0.328 e. The van der Waals surface area contributed by atoms with Gasteiger partial charge in [0, 0.05) is 18.3 Å². The fraction of sp³-hybridized carbons (Fsp3) is 0.733. The van der Waals surface area contributed by atoms with E-state index in [-0.39, 0.29) is 0 Å². The predicted molar refractivity (Wildman–Crippen MR) is 92.7 cm³/mol. The molecule has 0 aliphatic heterocycles. The molecule has 4 nitrogen and oxygen atoms in total. The van der Waals surface area contributed by atoms with Crippen molar-refractivity contribution in [3.05, 3.63) is 10.5 Å². The van der Waals surface area contributed by atoms with Crippen molar-refractivity contribution in [1.82, 2.24) is 19.3 Å². The minimum absolute atomic E-state index is 0.500. The van der Waals surface area contributed by atoms with Gasteiger partial charge in [-0.1, -0.05) is 26.2 Å². The van der Waals surface area contributed by atoms with Crippen LogP contribution >= 0.6 is 24.0 Å². The van der Waals surface area contributed by atoms with Crippen LogP contribution in [0.15, 0.2) is 0 Å². The quantitative estimate of drug-likeness (QED) is 0.855. The first-order valence-corrected chi connectivity index (χ1v) is 9.55. The Morgan fingerprint density at radius 1 is 1.38 bits per heavy atom. The number of H-pyrrole nitrogens is 1. The van der Waals surface area contributed by atoms with E-state index in [1.54, 1.807) is 0 Å². The maximum atomic E-state index is 5.65. The summed E-state index contributed by atoms with van der Waals surface area (Å²) in [5.41, 5.74) is 3.47. The van der Waals surface area contributed by atoms with Crippen molar-refractivity contribution in [2.75, 3.05) is 6.26 Å². The monoisotopic (exact) mass is 324 g/mol. The van der Waals surface area contributed by atoms with Gasteiger partial charge in [-0.2, -0.15) is 16.9 Å². The number of hydrogen-bond donors (Lipinski definition) is 1. The number of aromatic amines is 1. The lowest BCUT2D eigenvalue weighted by Crippen LogP contribution is -2.26. The molecule has 21 heavy (non-hydrogen) atoms. The summed E-state index contributed by atoms with van der Waals surface area (Å²) in [5, 5.41) is 5.36. The Hall–Kier alpha value is -0.750. The Kier molecular flexibility index (Phi) is 4.45. The molecule has 0 spiro atoms. The maximum absolute atomic E-state index is 5.65. The molecule has 2 heterocycles. The SMILES string of the molecule is CCCc1nn(C)c2c1[nH]c(=S)n2C1CCCCC1SC. The lowest BCUT2D eigenvalue weighted by molar-refractivity contribution is 0.365. The van der Waals surface area contributed by atoms with Crippen LogP contribution in [0.2, 0.25) is 0 Å². The molecule has 2 atom stereocenters. The van der Waals surface area contributed by atoms with Crippen LogP contribution in [-0.4, -0.2) is 30.8 Å². The maximum Gasteiger partial charge on any atom is 0.179 e. The van der Waals surface area contributed by atoms with E-state index in [9.17, 15) is 0 Å². The molecule has 2 unspecified atom stereocenters. The van der Waals surface area contributed by atoms with Crippen molar-refractivity contribution in [2.45, 2.75) is 56.7 Å². The third-order valence-electron chi connectivity index (χ3n) is 4.56. The van der Waals surface area contributed by atoms with Gasteiger partial charge in [0.05, 0.1) is 5.69 Å². The van der Waals surface area contributed by atoms with E-state index in [0.717, 1.165) is 28.8 Å². The number of nitrogens with zero attached hydrogens (tertiary/aromatic N) is 3. The summed E-state index contributed by atoms with van der Waals surface area (Å²) in [7, 11) is 2.04. The molecule has 1 aliphatic carbocycles. The van der Waals surface area contributed by atoms with Gasteiger partial charge in [0.2, 0.25) is 0 Å². The van der Waals surface area contributed by atoms with Gasteiger partial charge in [-0.25, -0.2) is 0 Å². The molecule has 3 rings (SSSR count). The highest BCUT2D eigenvalue weighted by atomic mass is 32.2. The second-order valence-corrected chi connectivity index (χ2v) is 7.41. The number of fused-ring (bicyclic) bond motifs is 1. The summed E-state index contributed by atoms with van der Waals surface area (Å²) < 4.78 is 5.22. The molecule has 6 heteroatoms.